The van der Waals surface area contributed by atoms with Crippen LogP contribution in [0.25, 0.3) is 10.8 Å². The Bertz CT molecular complexity index is 877. The molecule has 0 saturated carbocycles. The highest BCUT2D eigenvalue weighted by Crippen LogP contribution is 2.22. The molecule has 3 rings (SSSR count). The van der Waals surface area contributed by atoms with E-state index in [1.807, 2.05) is 37.2 Å². The number of fused-ring (bicyclic) bond motifs is 1. The number of carbonyl (C=O) groups is 1. The molecule has 0 aliphatic rings. The topological polar surface area (TPSA) is 32.8 Å². The van der Waals surface area contributed by atoms with Crippen molar-refractivity contribution in [1.29, 1.82) is 0 Å². The second-order valence-electron chi connectivity index (χ2n) is 6.60. The van der Waals surface area contributed by atoms with Crippen LogP contribution in [-0.2, 0) is 17.9 Å². The van der Waals surface area contributed by atoms with E-state index in [4.69, 9.17) is 4.74 Å². The zero-order valence-electron chi connectivity index (χ0n) is 15.4. The second-order valence-corrected chi connectivity index (χ2v) is 7.38. The number of methoxy groups -OCH3 is 1. The molecule has 0 aliphatic heterocycles. The summed E-state index contributed by atoms with van der Waals surface area (Å²) in [5.41, 5.74) is 2.37. The normalized spacial score (nSPS) is 11.1. The molecule has 1 amide bonds. The summed E-state index contributed by atoms with van der Waals surface area (Å²) in [6, 6.07) is 14.4. The van der Waals surface area contributed by atoms with Gasteiger partial charge in [-0.2, -0.15) is 11.3 Å². The fourth-order valence-electron chi connectivity index (χ4n) is 2.96. The molecule has 0 fully saturated rings. The lowest BCUT2D eigenvalue weighted by Gasteiger charge is -2.22. The minimum Gasteiger partial charge on any atom is -0.497 e. The van der Waals surface area contributed by atoms with Crippen LogP contribution in [0.1, 0.15) is 11.1 Å². The van der Waals surface area contributed by atoms with Crippen LogP contribution in [0.4, 0.5) is 0 Å². The highest BCUT2D eigenvalue weighted by Gasteiger charge is 2.13. The number of carbonyl (C=O) groups excluding carboxylic acids is 1. The molecule has 0 bridgehead atoms. The van der Waals surface area contributed by atoms with Gasteiger partial charge in [0.1, 0.15) is 5.75 Å². The summed E-state index contributed by atoms with van der Waals surface area (Å²) < 4.78 is 5.27. The number of rotatable bonds is 7. The van der Waals surface area contributed by atoms with E-state index < -0.39 is 0 Å². The standard InChI is InChI=1S/C21H24N2O2S/c1-22(12-17-8-9-26-15-17)14-21(24)23(2)13-16-4-5-19-11-20(25-3)7-6-18(19)10-16/h4-11,15H,12-14H2,1-3H3. The van der Waals surface area contributed by atoms with Gasteiger partial charge in [0.2, 0.25) is 5.91 Å². The van der Waals surface area contributed by atoms with Crippen molar-refractivity contribution in [3.63, 3.8) is 0 Å². The maximum absolute atomic E-state index is 12.5. The molecule has 0 spiro atoms. The number of likely N-dealkylation sites (N-methyl/N-ethyl adjacent to an activating group) is 2. The van der Waals surface area contributed by atoms with Crippen LogP contribution in [0, 0.1) is 0 Å². The van der Waals surface area contributed by atoms with Gasteiger partial charge >= 0.3 is 0 Å². The molecular weight excluding hydrogens is 344 g/mol. The summed E-state index contributed by atoms with van der Waals surface area (Å²) in [6.45, 7) is 1.81. The third-order valence-electron chi connectivity index (χ3n) is 4.40. The highest BCUT2D eigenvalue weighted by atomic mass is 32.1. The molecule has 2 aromatic carbocycles. The van der Waals surface area contributed by atoms with E-state index in [0.717, 1.165) is 28.6 Å². The Balaban J connectivity index is 1.60. The Kier molecular flexibility index (Phi) is 5.91. The zero-order chi connectivity index (χ0) is 18.5. The van der Waals surface area contributed by atoms with Gasteiger partial charge in [-0.3, -0.25) is 9.69 Å². The number of hydrogen-bond donors (Lipinski definition) is 0. The molecule has 0 N–H and O–H groups in total. The van der Waals surface area contributed by atoms with Crippen LogP contribution in [0.3, 0.4) is 0 Å². The monoisotopic (exact) mass is 368 g/mol. The number of benzene rings is 2. The SMILES string of the molecule is COc1ccc2cc(CN(C)C(=O)CN(C)Cc3ccsc3)ccc2c1. The van der Waals surface area contributed by atoms with E-state index in [1.54, 1.807) is 23.3 Å². The average molecular weight is 369 g/mol. The number of nitrogens with zero attached hydrogens (tertiary/aromatic N) is 2. The molecule has 3 aromatic rings. The fraction of sp³-hybridized carbons (Fsp3) is 0.286. The third-order valence-corrected chi connectivity index (χ3v) is 5.13. The van der Waals surface area contributed by atoms with Crippen molar-refractivity contribution in [2.75, 3.05) is 27.7 Å². The molecule has 0 aliphatic carbocycles. The van der Waals surface area contributed by atoms with Gasteiger partial charge in [-0.1, -0.05) is 18.2 Å². The number of amides is 1. The Hall–Kier alpha value is -2.37. The lowest BCUT2D eigenvalue weighted by atomic mass is 10.1. The largest absolute Gasteiger partial charge is 0.497 e. The summed E-state index contributed by atoms with van der Waals surface area (Å²) in [5.74, 6) is 0.976. The summed E-state index contributed by atoms with van der Waals surface area (Å²) in [7, 11) is 5.51. The number of hydrogen-bond acceptors (Lipinski definition) is 4. The van der Waals surface area contributed by atoms with Crippen LogP contribution >= 0.6 is 11.3 Å². The minimum atomic E-state index is 0.123. The van der Waals surface area contributed by atoms with E-state index >= 15 is 0 Å². The minimum absolute atomic E-state index is 0.123. The van der Waals surface area contributed by atoms with Crippen molar-refractivity contribution in [3.8, 4) is 5.75 Å². The van der Waals surface area contributed by atoms with E-state index in [0.29, 0.717) is 13.1 Å². The average Bonchev–Trinajstić information content (AvgIpc) is 3.13. The molecule has 0 unspecified atom stereocenters. The summed E-state index contributed by atoms with van der Waals surface area (Å²) in [5, 5.41) is 6.47. The molecule has 5 heteroatoms. The molecule has 0 atom stereocenters. The van der Waals surface area contributed by atoms with Crippen LogP contribution in [-0.4, -0.2) is 43.5 Å². The van der Waals surface area contributed by atoms with E-state index in [9.17, 15) is 4.79 Å². The second kappa shape index (κ2) is 8.34. The van der Waals surface area contributed by atoms with Crippen molar-refractivity contribution in [1.82, 2.24) is 9.80 Å². The van der Waals surface area contributed by atoms with Crippen molar-refractivity contribution in [3.05, 3.63) is 64.4 Å². The molecule has 136 valence electrons. The smallest absolute Gasteiger partial charge is 0.236 e. The van der Waals surface area contributed by atoms with Gasteiger partial charge in [-0.05, 0) is 64.0 Å². The van der Waals surface area contributed by atoms with E-state index in [-0.39, 0.29) is 5.91 Å². The van der Waals surface area contributed by atoms with Crippen LogP contribution < -0.4 is 4.74 Å². The first-order valence-corrected chi connectivity index (χ1v) is 9.49. The van der Waals surface area contributed by atoms with Crippen molar-refractivity contribution >= 4 is 28.0 Å². The van der Waals surface area contributed by atoms with Crippen molar-refractivity contribution in [2.45, 2.75) is 13.1 Å². The molecular formula is C21H24N2O2S. The van der Waals surface area contributed by atoms with Gasteiger partial charge in [0.05, 0.1) is 13.7 Å². The molecule has 4 nitrogen and oxygen atoms in total. The molecule has 0 radical (unpaired) electrons. The van der Waals surface area contributed by atoms with E-state index in [1.165, 1.54) is 5.56 Å². The fourth-order valence-corrected chi connectivity index (χ4v) is 3.62. The van der Waals surface area contributed by atoms with Crippen molar-refractivity contribution in [2.24, 2.45) is 0 Å². The first kappa shape index (κ1) is 18.4. The van der Waals surface area contributed by atoms with Gasteiger partial charge in [0.25, 0.3) is 0 Å². The lowest BCUT2D eigenvalue weighted by Crippen LogP contribution is -2.35. The third kappa shape index (κ3) is 4.62. The van der Waals surface area contributed by atoms with Crippen LogP contribution in [0.15, 0.2) is 53.2 Å². The van der Waals surface area contributed by atoms with Gasteiger partial charge in [-0.15, -0.1) is 0 Å². The summed E-state index contributed by atoms with van der Waals surface area (Å²) in [4.78, 5) is 16.3. The zero-order valence-corrected chi connectivity index (χ0v) is 16.3. The van der Waals surface area contributed by atoms with Gasteiger partial charge in [0.15, 0.2) is 0 Å². The van der Waals surface area contributed by atoms with E-state index in [2.05, 4.69) is 35.0 Å². The predicted octanol–water partition coefficient (Wildman–Crippen LogP) is 4.00. The maximum atomic E-state index is 12.5. The predicted molar refractivity (Wildman–Crippen MR) is 108 cm³/mol. The lowest BCUT2D eigenvalue weighted by molar-refractivity contribution is -0.131. The van der Waals surface area contributed by atoms with Crippen LogP contribution in [0.5, 0.6) is 5.75 Å². The van der Waals surface area contributed by atoms with Gasteiger partial charge < -0.3 is 9.64 Å². The highest BCUT2D eigenvalue weighted by molar-refractivity contribution is 7.07. The Morgan fingerprint density at radius 1 is 1.00 bits per heavy atom. The van der Waals surface area contributed by atoms with Crippen LogP contribution in [0.2, 0.25) is 0 Å². The Morgan fingerprint density at radius 3 is 2.50 bits per heavy atom. The molecule has 26 heavy (non-hydrogen) atoms. The summed E-state index contributed by atoms with van der Waals surface area (Å²) >= 11 is 1.68. The van der Waals surface area contributed by atoms with Crippen molar-refractivity contribution < 1.29 is 9.53 Å². The summed E-state index contributed by atoms with van der Waals surface area (Å²) in [6.07, 6.45) is 0. The molecule has 1 heterocycles. The maximum Gasteiger partial charge on any atom is 0.236 e. The number of thiophene rings is 1. The first-order valence-electron chi connectivity index (χ1n) is 8.55. The number of ether oxygens (including phenoxy) is 1. The Labute approximate surface area is 158 Å². The van der Waals surface area contributed by atoms with Gasteiger partial charge in [0, 0.05) is 20.1 Å². The first-order chi connectivity index (χ1) is 12.5. The molecule has 1 aromatic heterocycles. The van der Waals surface area contributed by atoms with Gasteiger partial charge in [-0.25, -0.2) is 0 Å². The molecule has 0 saturated heterocycles. The quantitative estimate of drug-likeness (QED) is 0.632. The Morgan fingerprint density at radius 2 is 1.77 bits per heavy atom.